The summed E-state index contributed by atoms with van der Waals surface area (Å²) >= 11 is 0. The lowest BCUT2D eigenvalue weighted by atomic mass is 10.2. The van der Waals surface area contributed by atoms with Gasteiger partial charge in [-0.1, -0.05) is 6.92 Å². The van der Waals surface area contributed by atoms with E-state index in [0.29, 0.717) is 6.61 Å². The van der Waals surface area contributed by atoms with Crippen LogP contribution in [0.3, 0.4) is 0 Å². The van der Waals surface area contributed by atoms with E-state index in [1.54, 1.807) is 0 Å². The molecule has 0 heterocycles. The Labute approximate surface area is 85.2 Å². The smallest absolute Gasteiger partial charge is 0.246 e. The van der Waals surface area contributed by atoms with E-state index in [1.807, 2.05) is 6.92 Å². The Bertz CT molecular complexity index is 185. The lowest BCUT2D eigenvalue weighted by Gasteiger charge is -2.16. The third-order valence-corrected chi connectivity index (χ3v) is 2.50. The quantitative estimate of drug-likeness (QED) is 0.632. The van der Waals surface area contributed by atoms with Gasteiger partial charge in [0.2, 0.25) is 5.91 Å². The topological polar surface area (TPSA) is 64.3 Å². The number of nitrogens with two attached hydrogens (primary N) is 1. The second-order valence-electron chi connectivity index (χ2n) is 3.82. The van der Waals surface area contributed by atoms with Gasteiger partial charge in [-0.15, -0.1) is 0 Å². The lowest BCUT2D eigenvalue weighted by molar-refractivity contribution is -0.126. The zero-order chi connectivity index (χ0) is 10.4. The molecule has 2 atom stereocenters. The zero-order valence-electron chi connectivity index (χ0n) is 8.79. The average molecular weight is 200 g/mol. The molecule has 1 aliphatic carbocycles. The van der Waals surface area contributed by atoms with Crippen molar-refractivity contribution in [1.29, 1.82) is 0 Å². The second kappa shape index (κ2) is 5.98. The monoisotopic (exact) mass is 200 g/mol. The van der Waals surface area contributed by atoms with Crippen LogP contribution in [0.2, 0.25) is 0 Å². The molecule has 0 saturated heterocycles. The highest BCUT2D eigenvalue weighted by Gasteiger charge is 2.24. The molecule has 2 unspecified atom stereocenters. The molecule has 82 valence electrons. The van der Waals surface area contributed by atoms with Crippen molar-refractivity contribution in [3.8, 4) is 0 Å². The highest BCUT2D eigenvalue weighted by molar-refractivity contribution is 5.77. The van der Waals surface area contributed by atoms with Crippen LogP contribution in [0, 0.1) is 0 Å². The maximum Gasteiger partial charge on any atom is 0.246 e. The van der Waals surface area contributed by atoms with Gasteiger partial charge in [-0.05, 0) is 25.7 Å². The second-order valence-corrected chi connectivity index (χ2v) is 3.82. The van der Waals surface area contributed by atoms with Gasteiger partial charge in [0.05, 0.1) is 0 Å². The van der Waals surface area contributed by atoms with Crippen molar-refractivity contribution in [3.63, 3.8) is 0 Å². The van der Waals surface area contributed by atoms with Gasteiger partial charge in [0.25, 0.3) is 0 Å². The molecule has 0 aromatic heterocycles. The fourth-order valence-corrected chi connectivity index (χ4v) is 1.73. The molecule has 0 spiro atoms. The first-order valence-corrected chi connectivity index (χ1v) is 5.36. The highest BCUT2D eigenvalue weighted by atomic mass is 16.5. The minimum Gasteiger partial charge on any atom is -0.372 e. The molecular formula is C10H20N2O2. The third kappa shape index (κ3) is 3.64. The Balaban J connectivity index is 2.13. The zero-order valence-corrected chi connectivity index (χ0v) is 8.79. The Morgan fingerprint density at radius 1 is 1.57 bits per heavy atom. The van der Waals surface area contributed by atoms with Crippen molar-refractivity contribution < 1.29 is 9.53 Å². The number of rotatable bonds is 5. The standard InChI is InChI=1S/C10H20N2O2/c1-2-6-14-7-10(13)12-9-5-3-4-8(9)11/h8-9H,2-7,11H2,1H3,(H,12,13). The van der Waals surface area contributed by atoms with Crippen molar-refractivity contribution in [1.82, 2.24) is 5.32 Å². The van der Waals surface area contributed by atoms with Gasteiger partial charge in [0.1, 0.15) is 6.61 Å². The van der Waals surface area contributed by atoms with Crippen molar-refractivity contribution in [3.05, 3.63) is 0 Å². The first-order valence-electron chi connectivity index (χ1n) is 5.36. The average Bonchev–Trinajstić information content (AvgIpc) is 2.52. The molecule has 1 rings (SSSR count). The van der Waals surface area contributed by atoms with E-state index in [0.717, 1.165) is 25.7 Å². The van der Waals surface area contributed by atoms with Crippen LogP contribution in [0.1, 0.15) is 32.6 Å². The molecular weight excluding hydrogens is 180 g/mol. The minimum absolute atomic E-state index is 0.0409. The Morgan fingerprint density at radius 2 is 2.36 bits per heavy atom. The largest absolute Gasteiger partial charge is 0.372 e. The predicted molar refractivity (Wildman–Crippen MR) is 54.9 cm³/mol. The van der Waals surface area contributed by atoms with Gasteiger partial charge in [0, 0.05) is 18.7 Å². The number of amides is 1. The molecule has 1 amide bonds. The molecule has 4 nitrogen and oxygen atoms in total. The van der Waals surface area contributed by atoms with Gasteiger partial charge in [0.15, 0.2) is 0 Å². The SMILES string of the molecule is CCCOCC(=O)NC1CCCC1N. The maximum absolute atomic E-state index is 11.3. The van der Waals surface area contributed by atoms with Crippen molar-refractivity contribution in [2.24, 2.45) is 5.73 Å². The Hall–Kier alpha value is -0.610. The summed E-state index contributed by atoms with van der Waals surface area (Å²) in [6.07, 6.45) is 4.07. The van der Waals surface area contributed by atoms with E-state index in [2.05, 4.69) is 5.32 Å². The van der Waals surface area contributed by atoms with Gasteiger partial charge in [-0.3, -0.25) is 4.79 Å². The molecule has 0 bridgehead atoms. The summed E-state index contributed by atoms with van der Waals surface area (Å²) in [6.45, 7) is 2.83. The van der Waals surface area contributed by atoms with E-state index in [1.165, 1.54) is 0 Å². The van der Waals surface area contributed by atoms with E-state index < -0.39 is 0 Å². The summed E-state index contributed by atoms with van der Waals surface area (Å²) < 4.78 is 5.14. The Morgan fingerprint density at radius 3 is 2.93 bits per heavy atom. The van der Waals surface area contributed by atoms with Crippen LogP contribution in [0.4, 0.5) is 0 Å². The van der Waals surface area contributed by atoms with Crippen LogP contribution in [0.25, 0.3) is 0 Å². The summed E-state index contributed by atoms with van der Waals surface area (Å²) in [4.78, 5) is 11.3. The van der Waals surface area contributed by atoms with Gasteiger partial charge >= 0.3 is 0 Å². The number of nitrogens with one attached hydrogen (secondary N) is 1. The van der Waals surface area contributed by atoms with Crippen LogP contribution in [0.15, 0.2) is 0 Å². The molecule has 1 aliphatic rings. The molecule has 0 aromatic rings. The van der Waals surface area contributed by atoms with Crippen LogP contribution in [0.5, 0.6) is 0 Å². The van der Waals surface area contributed by atoms with E-state index in [9.17, 15) is 4.79 Å². The van der Waals surface area contributed by atoms with Crippen LogP contribution >= 0.6 is 0 Å². The number of hydrogen-bond acceptors (Lipinski definition) is 3. The first-order chi connectivity index (χ1) is 6.74. The molecule has 1 saturated carbocycles. The number of hydrogen-bond donors (Lipinski definition) is 2. The van der Waals surface area contributed by atoms with Gasteiger partial charge in [-0.25, -0.2) is 0 Å². The van der Waals surface area contributed by atoms with Crippen LogP contribution < -0.4 is 11.1 Å². The van der Waals surface area contributed by atoms with Crippen LogP contribution in [-0.4, -0.2) is 31.2 Å². The molecule has 0 aliphatic heterocycles. The summed E-state index contributed by atoms with van der Waals surface area (Å²) in [5.74, 6) is -0.0409. The predicted octanol–water partition coefficient (Wildman–Crippen LogP) is 0.409. The minimum atomic E-state index is -0.0409. The summed E-state index contributed by atoms with van der Waals surface area (Å²) in [5, 5.41) is 2.90. The molecule has 14 heavy (non-hydrogen) atoms. The first kappa shape index (κ1) is 11.5. The van der Waals surface area contributed by atoms with Crippen molar-refractivity contribution >= 4 is 5.91 Å². The molecule has 0 radical (unpaired) electrons. The van der Waals surface area contributed by atoms with E-state index in [4.69, 9.17) is 10.5 Å². The van der Waals surface area contributed by atoms with E-state index in [-0.39, 0.29) is 24.6 Å². The number of ether oxygens (including phenoxy) is 1. The highest BCUT2D eigenvalue weighted by Crippen LogP contribution is 2.16. The van der Waals surface area contributed by atoms with E-state index >= 15 is 0 Å². The van der Waals surface area contributed by atoms with Gasteiger partial charge < -0.3 is 15.8 Å². The molecule has 3 N–H and O–H groups in total. The lowest BCUT2D eigenvalue weighted by Crippen LogP contribution is -2.45. The van der Waals surface area contributed by atoms with Crippen molar-refractivity contribution in [2.75, 3.05) is 13.2 Å². The number of carbonyl (C=O) groups excluding carboxylic acids is 1. The van der Waals surface area contributed by atoms with Crippen molar-refractivity contribution in [2.45, 2.75) is 44.7 Å². The Kier molecular flexibility index (Phi) is 4.90. The molecule has 0 aromatic carbocycles. The normalized spacial score (nSPS) is 26.4. The summed E-state index contributed by atoms with van der Waals surface area (Å²) in [6, 6.07) is 0.290. The summed E-state index contributed by atoms with van der Waals surface area (Å²) in [5.41, 5.74) is 5.83. The van der Waals surface area contributed by atoms with Crippen LogP contribution in [-0.2, 0) is 9.53 Å². The third-order valence-electron chi connectivity index (χ3n) is 2.50. The number of carbonyl (C=O) groups is 1. The molecule has 4 heteroatoms. The maximum atomic E-state index is 11.3. The summed E-state index contributed by atoms with van der Waals surface area (Å²) in [7, 11) is 0. The van der Waals surface area contributed by atoms with Gasteiger partial charge in [-0.2, -0.15) is 0 Å². The fraction of sp³-hybridized carbons (Fsp3) is 0.900. The fourth-order valence-electron chi connectivity index (χ4n) is 1.73. The molecule has 1 fully saturated rings.